The molecule has 0 amide bonds. The summed E-state index contributed by atoms with van der Waals surface area (Å²) in [6, 6.07) is 16.4. The summed E-state index contributed by atoms with van der Waals surface area (Å²) < 4.78 is 27.3. The van der Waals surface area contributed by atoms with E-state index in [2.05, 4.69) is 0 Å². The van der Waals surface area contributed by atoms with Gasteiger partial charge in [-0.3, -0.25) is 0 Å². The van der Waals surface area contributed by atoms with Crippen LogP contribution in [-0.2, 0) is 16.4 Å². The Morgan fingerprint density at radius 2 is 1.80 bits per heavy atom. The smallest absolute Gasteiger partial charge is 0.243 e. The van der Waals surface area contributed by atoms with Crippen LogP contribution < -0.4 is 5.73 Å². The van der Waals surface area contributed by atoms with Gasteiger partial charge < -0.3 is 5.73 Å². The van der Waals surface area contributed by atoms with E-state index in [9.17, 15) is 8.42 Å². The van der Waals surface area contributed by atoms with Crippen LogP contribution in [0.1, 0.15) is 16.7 Å². The van der Waals surface area contributed by atoms with Gasteiger partial charge in [0.05, 0.1) is 16.5 Å². The molecule has 0 aliphatic carbocycles. The Hall–Kier alpha value is -1.91. The van der Waals surface area contributed by atoms with E-state index in [0.717, 1.165) is 5.56 Å². The van der Waals surface area contributed by atoms with Gasteiger partial charge in [0.1, 0.15) is 0 Å². The molecule has 2 N–H and O–H groups in total. The van der Waals surface area contributed by atoms with Crippen molar-refractivity contribution < 1.29 is 8.42 Å². The first-order valence-electron chi connectivity index (χ1n) is 7.74. The minimum atomic E-state index is -3.65. The lowest BCUT2D eigenvalue weighted by Gasteiger charge is -2.22. The Morgan fingerprint density at radius 1 is 1.12 bits per heavy atom. The highest BCUT2D eigenvalue weighted by Crippen LogP contribution is 2.21. The van der Waals surface area contributed by atoms with Crippen molar-refractivity contribution in [3.8, 4) is 6.07 Å². The average molecular weight is 380 g/mol. The number of benzene rings is 2. The molecule has 7 heteroatoms. The summed E-state index contributed by atoms with van der Waals surface area (Å²) >= 11 is 0. The predicted octanol–water partition coefficient (Wildman–Crippen LogP) is 2.48. The predicted molar refractivity (Wildman–Crippen MR) is 101 cm³/mol. The molecule has 0 aliphatic rings. The largest absolute Gasteiger partial charge is 0.329 e. The molecule has 0 bridgehead atoms. The lowest BCUT2D eigenvalue weighted by molar-refractivity contribution is 0.421. The van der Waals surface area contributed by atoms with Crippen molar-refractivity contribution >= 4 is 22.4 Å². The van der Waals surface area contributed by atoms with Crippen molar-refractivity contribution in [3.05, 3.63) is 65.2 Å². The highest BCUT2D eigenvalue weighted by atomic mass is 35.5. The minimum absolute atomic E-state index is 0. The Balaban J connectivity index is 0.00000312. The van der Waals surface area contributed by atoms with Gasteiger partial charge in [-0.1, -0.05) is 30.3 Å². The zero-order chi connectivity index (χ0) is 17.6. The van der Waals surface area contributed by atoms with E-state index in [1.54, 1.807) is 13.0 Å². The van der Waals surface area contributed by atoms with Gasteiger partial charge in [-0.25, -0.2) is 8.42 Å². The number of nitriles is 1. The fraction of sp³-hybridized carbons (Fsp3) is 0.278. The Labute approximate surface area is 155 Å². The molecule has 0 spiro atoms. The zero-order valence-electron chi connectivity index (χ0n) is 14.1. The fourth-order valence-corrected chi connectivity index (χ4v) is 4.20. The normalized spacial score (nSPS) is 11.0. The maximum absolute atomic E-state index is 13.0. The number of nitrogens with two attached hydrogens (primary N) is 1. The quantitative estimate of drug-likeness (QED) is 0.800. The van der Waals surface area contributed by atoms with Gasteiger partial charge in [-0.05, 0) is 42.7 Å². The van der Waals surface area contributed by atoms with Crippen LogP contribution in [0.25, 0.3) is 0 Å². The van der Waals surface area contributed by atoms with Crippen molar-refractivity contribution in [1.82, 2.24) is 4.31 Å². The molecule has 5 nitrogen and oxygen atoms in total. The maximum Gasteiger partial charge on any atom is 0.243 e. The second-order valence-corrected chi connectivity index (χ2v) is 7.43. The molecule has 25 heavy (non-hydrogen) atoms. The average Bonchev–Trinajstić information content (AvgIpc) is 2.58. The van der Waals surface area contributed by atoms with E-state index in [1.807, 2.05) is 36.4 Å². The van der Waals surface area contributed by atoms with Gasteiger partial charge in [-0.15, -0.1) is 12.4 Å². The fourth-order valence-electron chi connectivity index (χ4n) is 2.54. The third-order valence-electron chi connectivity index (χ3n) is 3.79. The number of hydrogen-bond donors (Lipinski definition) is 1. The number of sulfonamides is 1. The standard InChI is InChI=1S/C18H21N3O2S.ClH/c1-15-13-17(14-20)7-8-18(15)24(22,23)21(12-10-19)11-9-16-5-3-2-4-6-16;/h2-8,13H,9-12,19H2,1H3;1H. The first-order valence-corrected chi connectivity index (χ1v) is 9.18. The van der Waals surface area contributed by atoms with Crippen LogP contribution in [0.4, 0.5) is 0 Å². The molecule has 0 unspecified atom stereocenters. The van der Waals surface area contributed by atoms with Gasteiger partial charge >= 0.3 is 0 Å². The van der Waals surface area contributed by atoms with Crippen LogP contribution in [0, 0.1) is 18.3 Å². The van der Waals surface area contributed by atoms with Gasteiger partial charge in [0.15, 0.2) is 0 Å². The highest BCUT2D eigenvalue weighted by Gasteiger charge is 2.25. The van der Waals surface area contributed by atoms with E-state index in [-0.39, 0.29) is 30.4 Å². The molecule has 2 aromatic rings. The molecular weight excluding hydrogens is 358 g/mol. The summed E-state index contributed by atoms with van der Waals surface area (Å²) in [7, 11) is -3.65. The van der Waals surface area contributed by atoms with Gasteiger partial charge in [0.2, 0.25) is 10.0 Å². The van der Waals surface area contributed by atoms with Crippen molar-refractivity contribution in [1.29, 1.82) is 5.26 Å². The first-order chi connectivity index (χ1) is 11.5. The van der Waals surface area contributed by atoms with Crippen LogP contribution in [-0.4, -0.2) is 32.4 Å². The van der Waals surface area contributed by atoms with Crippen LogP contribution in [0.15, 0.2) is 53.4 Å². The van der Waals surface area contributed by atoms with Crippen molar-refractivity contribution in [3.63, 3.8) is 0 Å². The lowest BCUT2D eigenvalue weighted by atomic mass is 10.1. The Bertz CT molecular complexity index is 833. The summed E-state index contributed by atoms with van der Waals surface area (Å²) in [6.45, 7) is 2.58. The van der Waals surface area contributed by atoms with Crippen LogP contribution >= 0.6 is 12.4 Å². The van der Waals surface area contributed by atoms with Crippen molar-refractivity contribution in [2.45, 2.75) is 18.2 Å². The first kappa shape index (κ1) is 21.1. The number of nitrogens with zero attached hydrogens (tertiary/aromatic N) is 2. The Kier molecular flexibility index (Phi) is 8.07. The molecule has 0 aromatic heterocycles. The molecule has 0 saturated heterocycles. The molecule has 134 valence electrons. The second kappa shape index (κ2) is 9.54. The second-order valence-electron chi connectivity index (χ2n) is 5.52. The van der Waals surface area contributed by atoms with E-state index in [0.29, 0.717) is 24.1 Å². The molecule has 2 rings (SSSR count). The monoisotopic (exact) mass is 379 g/mol. The molecule has 0 saturated carbocycles. The lowest BCUT2D eigenvalue weighted by Crippen LogP contribution is -2.37. The molecule has 2 aromatic carbocycles. The highest BCUT2D eigenvalue weighted by molar-refractivity contribution is 7.89. The third-order valence-corrected chi connectivity index (χ3v) is 5.85. The topological polar surface area (TPSA) is 87.2 Å². The zero-order valence-corrected chi connectivity index (χ0v) is 15.7. The molecule has 0 heterocycles. The molecule has 0 radical (unpaired) electrons. The van der Waals surface area contributed by atoms with E-state index < -0.39 is 10.0 Å². The molecule has 0 fully saturated rings. The van der Waals surface area contributed by atoms with Gasteiger partial charge in [0.25, 0.3) is 0 Å². The number of halogens is 1. The third kappa shape index (κ3) is 5.28. The number of aryl methyl sites for hydroxylation is 1. The van der Waals surface area contributed by atoms with Gasteiger partial charge in [0, 0.05) is 19.6 Å². The minimum Gasteiger partial charge on any atom is -0.329 e. The number of rotatable bonds is 7. The van der Waals surface area contributed by atoms with E-state index in [1.165, 1.54) is 16.4 Å². The molecule has 0 aliphatic heterocycles. The molecule has 0 atom stereocenters. The summed E-state index contributed by atoms with van der Waals surface area (Å²) in [4.78, 5) is 0.225. The summed E-state index contributed by atoms with van der Waals surface area (Å²) in [6.07, 6.45) is 0.620. The van der Waals surface area contributed by atoms with Crippen LogP contribution in [0.2, 0.25) is 0 Å². The van der Waals surface area contributed by atoms with Gasteiger partial charge in [-0.2, -0.15) is 9.57 Å². The number of hydrogen-bond acceptors (Lipinski definition) is 4. The summed E-state index contributed by atoms with van der Waals surface area (Å²) in [5.41, 5.74) is 7.69. The Morgan fingerprint density at radius 3 is 2.36 bits per heavy atom. The molecular formula is C18H22ClN3O2S. The van der Waals surface area contributed by atoms with Crippen molar-refractivity contribution in [2.24, 2.45) is 5.73 Å². The van der Waals surface area contributed by atoms with Crippen LogP contribution in [0.5, 0.6) is 0 Å². The van der Waals surface area contributed by atoms with Crippen LogP contribution in [0.3, 0.4) is 0 Å². The van der Waals surface area contributed by atoms with Crippen molar-refractivity contribution in [2.75, 3.05) is 19.6 Å². The summed E-state index contributed by atoms with van der Waals surface area (Å²) in [5, 5.41) is 8.93. The maximum atomic E-state index is 13.0. The summed E-state index contributed by atoms with van der Waals surface area (Å²) in [5.74, 6) is 0. The van der Waals surface area contributed by atoms with E-state index in [4.69, 9.17) is 11.0 Å². The SMILES string of the molecule is Cc1cc(C#N)ccc1S(=O)(=O)N(CCN)CCc1ccccc1.Cl. The van der Waals surface area contributed by atoms with E-state index >= 15 is 0 Å².